The summed E-state index contributed by atoms with van der Waals surface area (Å²) in [6.07, 6.45) is 8.40. The van der Waals surface area contributed by atoms with Crippen LogP contribution in [-0.4, -0.2) is 21.1 Å². The summed E-state index contributed by atoms with van der Waals surface area (Å²) in [7, 11) is 0. The molecule has 1 aliphatic heterocycles. The molecule has 0 atom stereocenters. The van der Waals surface area contributed by atoms with Gasteiger partial charge in [-0.1, -0.05) is 65.8 Å². The number of rotatable bonds is 6. The number of nitrogens with one attached hydrogen (secondary N) is 1. The van der Waals surface area contributed by atoms with Crippen molar-refractivity contribution >= 4 is 68.6 Å². The molecule has 4 aliphatic carbocycles. The molecule has 4 saturated carbocycles. The molecule has 0 unspecified atom stereocenters. The number of hydrogen-bond acceptors (Lipinski definition) is 5. The zero-order valence-electron chi connectivity index (χ0n) is 21.9. The molecule has 0 radical (unpaired) electrons. The minimum Gasteiger partial charge on any atom is -0.488 e. The van der Waals surface area contributed by atoms with Crippen LogP contribution >= 0.6 is 35.6 Å². The van der Waals surface area contributed by atoms with E-state index in [0.717, 1.165) is 41.2 Å². The van der Waals surface area contributed by atoms with Crippen LogP contribution in [0.2, 0.25) is 5.02 Å². The van der Waals surface area contributed by atoms with Crippen molar-refractivity contribution in [2.45, 2.75) is 45.1 Å². The summed E-state index contributed by atoms with van der Waals surface area (Å²) >= 11 is 12.8. The molecule has 8 heteroatoms. The summed E-state index contributed by atoms with van der Waals surface area (Å²) in [4.78, 5) is 27.7. The monoisotopic (exact) mass is 588 g/mol. The summed E-state index contributed by atoms with van der Waals surface area (Å²) in [5.41, 5.74) is 4.39. The molecule has 1 N–H and O–H groups in total. The first kappa shape index (κ1) is 26.1. The molecule has 8 rings (SSSR count). The number of halogens is 1. The van der Waals surface area contributed by atoms with Gasteiger partial charge in [0.15, 0.2) is 4.32 Å². The second-order valence-electron chi connectivity index (χ2n) is 11.8. The second-order valence-corrected chi connectivity index (χ2v) is 13.9. The fourth-order valence-electron chi connectivity index (χ4n) is 7.60. The third-order valence-electron chi connectivity index (χ3n) is 9.04. The van der Waals surface area contributed by atoms with E-state index in [1.807, 2.05) is 66.7 Å². The Balaban J connectivity index is 1.15. The van der Waals surface area contributed by atoms with Crippen LogP contribution in [0.4, 0.5) is 0 Å². The molecule has 5 fully saturated rings. The van der Waals surface area contributed by atoms with Crippen LogP contribution in [0.1, 0.15) is 49.7 Å². The van der Waals surface area contributed by atoms with Gasteiger partial charge in [-0.3, -0.25) is 15.0 Å². The number of ether oxygens (including phenoxy) is 1. The van der Waals surface area contributed by atoms with E-state index in [1.165, 1.54) is 36.0 Å². The van der Waals surface area contributed by atoms with E-state index < -0.39 is 0 Å². The Kier molecular flexibility index (Phi) is 6.64. The molecule has 5 aliphatic rings. The SMILES string of the molecule is O=C1/C(=C\c2c(OCc3ccc(Cl)cc3)ccc3ccccc23)SC(=S)N1NC(=O)C12CC3CC(CC(C3)C1)C2. The molecule has 2 amide bonds. The summed E-state index contributed by atoms with van der Waals surface area (Å²) in [6, 6.07) is 19.5. The average molecular weight is 589 g/mol. The van der Waals surface area contributed by atoms with Crippen LogP contribution in [0.25, 0.3) is 16.8 Å². The highest BCUT2D eigenvalue weighted by molar-refractivity contribution is 8.26. The highest BCUT2D eigenvalue weighted by atomic mass is 35.5. The molecular formula is C32H29ClN2O3S2. The maximum absolute atomic E-state index is 13.7. The van der Waals surface area contributed by atoms with Crippen molar-refractivity contribution in [1.29, 1.82) is 0 Å². The van der Waals surface area contributed by atoms with Crippen LogP contribution < -0.4 is 10.2 Å². The standard InChI is InChI=1S/C32H29ClN2O3S2/c33-24-8-5-19(6-9-24)18-38-27-10-7-23-3-1-2-4-25(23)26(27)14-28-29(36)35(31(39)40-28)34-30(37)32-15-20-11-21(16-32)13-22(12-20)17-32/h1-10,14,20-22H,11-13,15-18H2,(H,34,37)/b28-14+. The predicted octanol–water partition coefficient (Wildman–Crippen LogP) is 7.52. The number of hydrazine groups is 1. The van der Waals surface area contributed by atoms with Gasteiger partial charge in [0.1, 0.15) is 12.4 Å². The van der Waals surface area contributed by atoms with E-state index in [0.29, 0.717) is 44.4 Å². The van der Waals surface area contributed by atoms with Crippen molar-refractivity contribution in [2.24, 2.45) is 23.2 Å². The number of benzene rings is 3. The van der Waals surface area contributed by atoms with E-state index in [2.05, 4.69) is 5.43 Å². The molecule has 1 saturated heterocycles. The number of nitrogens with zero attached hydrogens (tertiary/aromatic N) is 1. The van der Waals surface area contributed by atoms with Gasteiger partial charge in [0.05, 0.1) is 10.3 Å². The maximum atomic E-state index is 13.7. The molecule has 3 aromatic rings. The van der Waals surface area contributed by atoms with Crippen LogP contribution in [0.5, 0.6) is 5.75 Å². The Labute approximate surface area is 248 Å². The molecule has 5 nitrogen and oxygen atoms in total. The van der Waals surface area contributed by atoms with Crippen LogP contribution in [0.3, 0.4) is 0 Å². The fourth-order valence-corrected chi connectivity index (χ4v) is 8.88. The van der Waals surface area contributed by atoms with Gasteiger partial charge < -0.3 is 4.74 Å². The summed E-state index contributed by atoms with van der Waals surface area (Å²) in [5, 5.41) is 3.97. The molecular weight excluding hydrogens is 560 g/mol. The number of fused-ring (bicyclic) bond motifs is 1. The minimum absolute atomic E-state index is 0.0405. The normalized spacial score (nSPS) is 28.1. The van der Waals surface area contributed by atoms with Crippen molar-refractivity contribution in [3.63, 3.8) is 0 Å². The quantitative estimate of drug-likeness (QED) is 0.238. The summed E-state index contributed by atoms with van der Waals surface area (Å²) in [5.74, 6) is 2.24. The predicted molar refractivity (Wildman–Crippen MR) is 163 cm³/mol. The topological polar surface area (TPSA) is 58.6 Å². The Morgan fingerprint density at radius 1 is 1.02 bits per heavy atom. The number of hydrogen-bond donors (Lipinski definition) is 1. The van der Waals surface area contributed by atoms with Crippen molar-refractivity contribution in [3.05, 3.63) is 81.7 Å². The first-order chi connectivity index (χ1) is 19.4. The van der Waals surface area contributed by atoms with Crippen LogP contribution in [0, 0.1) is 23.2 Å². The summed E-state index contributed by atoms with van der Waals surface area (Å²) in [6.45, 7) is 0.360. The van der Waals surface area contributed by atoms with Crippen LogP contribution in [0.15, 0.2) is 65.6 Å². The smallest absolute Gasteiger partial charge is 0.285 e. The molecule has 40 heavy (non-hydrogen) atoms. The molecule has 204 valence electrons. The number of thiocarbonyl (C=S) groups is 1. The van der Waals surface area contributed by atoms with Gasteiger partial charge in [0.2, 0.25) is 5.91 Å². The number of amides is 2. The minimum atomic E-state index is -0.361. The highest BCUT2D eigenvalue weighted by Gasteiger charge is 2.55. The van der Waals surface area contributed by atoms with E-state index in [-0.39, 0.29) is 17.2 Å². The van der Waals surface area contributed by atoms with Gasteiger partial charge in [0, 0.05) is 10.6 Å². The number of carbonyl (C=O) groups excluding carboxylic acids is 2. The fraction of sp³-hybridized carbons (Fsp3) is 0.344. The zero-order chi connectivity index (χ0) is 27.4. The van der Waals surface area contributed by atoms with E-state index in [1.54, 1.807) is 0 Å². The Hall–Kier alpha value is -2.87. The number of thioether (sulfide) groups is 1. The van der Waals surface area contributed by atoms with Gasteiger partial charge in [-0.05, 0) is 109 Å². The maximum Gasteiger partial charge on any atom is 0.285 e. The van der Waals surface area contributed by atoms with Gasteiger partial charge >= 0.3 is 0 Å². The third-order valence-corrected chi connectivity index (χ3v) is 10.6. The molecule has 3 aromatic carbocycles. The lowest BCUT2D eigenvalue weighted by Gasteiger charge is -2.55. The third kappa shape index (κ3) is 4.72. The molecule has 0 spiro atoms. The van der Waals surface area contributed by atoms with E-state index in [4.69, 9.17) is 28.6 Å². The zero-order valence-corrected chi connectivity index (χ0v) is 24.3. The van der Waals surface area contributed by atoms with E-state index in [9.17, 15) is 9.59 Å². The largest absolute Gasteiger partial charge is 0.488 e. The van der Waals surface area contributed by atoms with Crippen molar-refractivity contribution in [2.75, 3.05) is 0 Å². The number of carbonyl (C=O) groups is 2. The van der Waals surface area contributed by atoms with E-state index >= 15 is 0 Å². The Bertz CT molecular complexity index is 1530. The lowest BCUT2D eigenvalue weighted by molar-refractivity contribution is -0.152. The van der Waals surface area contributed by atoms with Crippen molar-refractivity contribution in [1.82, 2.24) is 10.4 Å². The average Bonchev–Trinajstić information content (AvgIpc) is 3.20. The van der Waals surface area contributed by atoms with Crippen molar-refractivity contribution in [3.8, 4) is 5.75 Å². The second kappa shape index (κ2) is 10.2. The first-order valence-corrected chi connectivity index (χ1v) is 15.5. The Morgan fingerprint density at radius 3 is 2.40 bits per heavy atom. The van der Waals surface area contributed by atoms with Gasteiger partial charge in [-0.25, -0.2) is 0 Å². The van der Waals surface area contributed by atoms with Gasteiger partial charge in [-0.2, -0.15) is 5.01 Å². The molecule has 0 aromatic heterocycles. The van der Waals surface area contributed by atoms with Crippen LogP contribution in [-0.2, 0) is 16.2 Å². The van der Waals surface area contributed by atoms with Crippen molar-refractivity contribution < 1.29 is 14.3 Å². The van der Waals surface area contributed by atoms with Gasteiger partial charge in [0.25, 0.3) is 5.91 Å². The highest BCUT2D eigenvalue weighted by Crippen LogP contribution is 2.60. The Morgan fingerprint density at radius 2 is 1.70 bits per heavy atom. The van der Waals surface area contributed by atoms with Gasteiger partial charge in [-0.15, -0.1) is 0 Å². The summed E-state index contributed by atoms with van der Waals surface area (Å²) < 4.78 is 6.59. The first-order valence-electron chi connectivity index (χ1n) is 13.8. The lowest BCUT2D eigenvalue weighted by atomic mass is 9.49. The molecule has 4 bridgehead atoms. The lowest BCUT2D eigenvalue weighted by Crippen LogP contribution is -2.57. The molecule has 1 heterocycles.